The summed E-state index contributed by atoms with van der Waals surface area (Å²) < 4.78 is 5.41. The maximum Gasteiger partial charge on any atom is 0.310 e. The van der Waals surface area contributed by atoms with Crippen LogP contribution >= 0.6 is 0 Å². The Morgan fingerprint density at radius 1 is 1.43 bits per heavy atom. The summed E-state index contributed by atoms with van der Waals surface area (Å²) in [5.74, 6) is -0.180. The number of esters is 1. The Morgan fingerprint density at radius 3 is 2.90 bits per heavy atom. The van der Waals surface area contributed by atoms with Crippen LogP contribution in [0.1, 0.15) is 25.3 Å². The van der Waals surface area contributed by atoms with E-state index in [2.05, 4.69) is 10.2 Å². The van der Waals surface area contributed by atoms with Gasteiger partial charge in [-0.25, -0.2) is 0 Å². The highest BCUT2D eigenvalue weighted by Gasteiger charge is 2.27. The molecule has 0 amide bonds. The molecular formula is C17H26N2O2. The van der Waals surface area contributed by atoms with E-state index in [1.807, 2.05) is 44.3 Å². The van der Waals surface area contributed by atoms with Crippen LogP contribution in [0.4, 0.5) is 0 Å². The summed E-state index contributed by atoms with van der Waals surface area (Å²) in [6.07, 6.45) is 2.44. The fraction of sp³-hybridized carbons (Fsp3) is 0.588. The zero-order valence-electron chi connectivity index (χ0n) is 13.0. The zero-order chi connectivity index (χ0) is 15.1. The Kier molecular flexibility index (Phi) is 6.21. The zero-order valence-corrected chi connectivity index (χ0v) is 13.0. The molecule has 1 aromatic rings. The van der Waals surface area contributed by atoms with Crippen LogP contribution in [0.5, 0.6) is 0 Å². The van der Waals surface area contributed by atoms with Crippen molar-refractivity contribution in [2.24, 2.45) is 5.92 Å². The predicted molar refractivity (Wildman–Crippen MR) is 83.9 cm³/mol. The van der Waals surface area contributed by atoms with Gasteiger partial charge in [-0.1, -0.05) is 37.3 Å². The van der Waals surface area contributed by atoms with Crippen LogP contribution in [0.15, 0.2) is 30.3 Å². The van der Waals surface area contributed by atoms with Gasteiger partial charge in [-0.15, -0.1) is 0 Å². The highest BCUT2D eigenvalue weighted by Crippen LogP contribution is 2.18. The molecule has 1 aliphatic rings. The van der Waals surface area contributed by atoms with Gasteiger partial charge in [0.15, 0.2) is 0 Å². The average Bonchev–Trinajstić information content (AvgIpc) is 2.93. The number of benzene rings is 1. The van der Waals surface area contributed by atoms with Crippen LogP contribution in [-0.4, -0.2) is 43.6 Å². The molecule has 0 aliphatic carbocycles. The molecule has 4 heteroatoms. The molecule has 1 N–H and O–H groups in total. The minimum atomic E-state index is -0.103. The van der Waals surface area contributed by atoms with E-state index in [1.54, 1.807) is 0 Å². The first-order chi connectivity index (χ1) is 10.2. The van der Waals surface area contributed by atoms with Gasteiger partial charge < -0.3 is 10.1 Å². The van der Waals surface area contributed by atoms with Crippen LogP contribution < -0.4 is 5.32 Å². The van der Waals surface area contributed by atoms with Crippen LogP contribution in [0.3, 0.4) is 0 Å². The van der Waals surface area contributed by atoms with Gasteiger partial charge >= 0.3 is 5.97 Å². The summed E-state index contributed by atoms with van der Waals surface area (Å²) >= 11 is 0. The van der Waals surface area contributed by atoms with Crippen LogP contribution in [0, 0.1) is 5.92 Å². The maximum absolute atomic E-state index is 12.1. The van der Waals surface area contributed by atoms with Crippen molar-refractivity contribution in [3.63, 3.8) is 0 Å². The molecule has 1 fully saturated rings. The first-order valence-corrected chi connectivity index (χ1v) is 7.80. The Labute approximate surface area is 127 Å². The van der Waals surface area contributed by atoms with E-state index >= 15 is 0 Å². The molecule has 0 aromatic heterocycles. The fourth-order valence-electron chi connectivity index (χ4n) is 2.90. The highest BCUT2D eigenvalue weighted by molar-refractivity contribution is 5.72. The third kappa shape index (κ3) is 4.83. The molecule has 0 bridgehead atoms. The Morgan fingerprint density at radius 2 is 2.19 bits per heavy atom. The number of hydrogen-bond donors (Lipinski definition) is 1. The smallest absolute Gasteiger partial charge is 0.310 e. The maximum atomic E-state index is 12.1. The lowest BCUT2D eigenvalue weighted by atomic mass is 10.1. The van der Waals surface area contributed by atoms with E-state index in [-0.39, 0.29) is 11.9 Å². The van der Waals surface area contributed by atoms with E-state index in [0.717, 1.165) is 25.2 Å². The summed E-state index contributed by atoms with van der Waals surface area (Å²) in [6.45, 7) is 5.19. The Hall–Kier alpha value is -1.39. The number of likely N-dealkylation sites (tertiary alicyclic amines) is 1. The van der Waals surface area contributed by atoms with E-state index in [4.69, 9.17) is 4.74 Å². The molecule has 1 aliphatic heterocycles. The van der Waals surface area contributed by atoms with Gasteiger partial charge in [-0.3, -0.25) is 9.69 Å². The molecule has 1 heterocycles. The average molecular weight is 290 g/mol. The lowest BCUT2D eigenvalue weighted by Crippen LogP contribution is -2.40. The summed E-state index contributed by atoms with van der Waals surface area (Å²) in [5.41, 5.74) is 1.03. The van der Waals surface area contributed by atoms with Crippen LogP contribution in [-0.2, 0) is 16.1 Å². The largest absolute Gasteiger partial charge is 0.461 e. The Bertz CT molecular complexity index is 436. The lowest BCUT2D eigenvalue weighted by molar-refractivity contribution is -0.150. The van der Waals surface area contributed by atoms with Crippen molar-refractivity contribution in [3.8, 4) is 0 Å². The lowest BCUT2D eigenvalue weighted by Gasteiger charge is -2.26. The number of likely N-dealkylation sites (N-methyl/N-ethyl adjacent to an activating group) is 1. The molecule has 2 unspecified atom stereocenters. The highest BCUT2D eigenvalue weighted by atomic mass is 16.5. The number of carbonyl (C=O) groups excluding carboxylic acids is 1. The van der Waals surface area contributed by atoms with Gasteiger partial charge in [-0.05, 0) is 32.0 Å². The number of nitrogens with zero attached hydrogens (tertiary/aromatic N) is 1. The molecule has 0 spiro atoms. The number of rotatable bonds is 7. The second-order valence-corrected chi connectivity index (χ2v) is 5.84. The molecule has 4 nitrogen and oxygen atoms in total. The topological polar surface area (TPSA) is 41.6 Å². The van der Waals surface area contributed by atoms with Gasteiger partial charge in [0.2, 0.25) is 0 Å². The Balaban J connectivity index is 1.77. The number of nitrogens with one attached hydrogen (secondary N) is 1. The van der Waals surface area contributed by atoms with E-state index in [1.165, 1.54) is 12.8 Å². The standard InChI is InChI=1S/C17H26N2O2/c1-14(12-19-10-6-9-16(19)11-18-2)17(20)21-13-15-7-4-3-5-8-15/h3-5,7-8,14,16,18H,6,9-13H2,1-2H3. The summed E-state index contributed by atoms with van der Waals surface area (Å²) in [6, 6.07) is 10.4. The number of hydrogen-bond acceptors (Lipinski definition) is 4. The minimum absolute atomic E-state index is 0.0776. The third-order valence-corrected chi connectivity index (χ3v) is 4.07. The summed E-state index contributed by atoms with van der Waals surface area (Å²) in [5, 5.41) is 3.23. The summed E-state index contributed by atoms with van der Waals surface area (Å²) in [4.78, 5) is 14.5. The molecule has 21 heavy (non-hydrogen) atoms. The van der Waals surface area contributed by atoms with E-state index in [9.17, 15) is 4.79 Å². The van der Waals surface area contributed by atoms with Crippen LogP contribution in [0.25, 0.3) is 0 Å². The van der Waals surface area contributed by atoms with Gasteiger partial charge in [0.05, 0.1) is 5.92 Å². The van der Waals surface area contributed by atoms with Gasteiger partial charge in [0.25, 0.3) is 0 Å². The van der Waals surface area contributed by atoms with Crippen LogP contribution in [0.2, 0.25) is 0 Å². The molecule has 1 aromatic carbocycles. The van der Waals surface area contributed by atoms with Crippen molar-refractivity contribution in [3.05, 3.63) is 35.9 Å². The van der Waals surface area contributed by atoms with E-state index in [0.29, 0.717) is 12.6 Å². The molecule has 0 saturated carbocycles. The molecule has 0 radical (unpaired) electrons. The molecule has 2 rings (SSSR count). The molecule has 2 atom stereocenters. The van der Waals surface area contributed by atoms with Crippen molar-refractivity contribution in [2.45, 2.75) is 32.4 Å². The predicted octanol–water partition coefficient (Wildman–Crippen LogP) is 2.05. The number of carbonyl (C=O) groups is 1. The third-order valence-electron chi connectivity index (χ3n) is 4.07. The van der Waals surface area contributed by atoms with Crippen molar-refractivity contribution in [1.82, 2.24) is 10.2 Å². The SMILES string of the molecule is CNCC1CCCN1CC(C)C(=O)OCc1ccccc1. The first kappa shape index (κ1) is 16.0. The second kappa shape index (κ2) is 8.15. The van der Waals surface area contributed by atoms with Crippen molar-refractivity contribution in [1.29, 1.82) is 0 Å². The van der Waals surface area contributed by atoms with Crippen molar-refractivity contribution >= 4 is 5.97 Å². The molecule has 116 valence electrons. The van der Waals surface area contributed by atoms with E-state index < -0.39 is 0 Å². The van der Waals surface area contributed by atoms with Gasteiger partial charge in [0, 0.05) is 19.1 Å². The fourth-order valence-corrected chi connectivity index (χ4v) is 2.90. The monoisotopic (exact) mass is 290 g/mol. The number of ether oxygens (including phenoxy) is 1. The quantitative estimate of drug-likeness (QED) is 0.780. The summed E-state index contributed by atoms with van der Waals surface area (Å²) in [7, 11) is 1.98. The second-order valence-electron chi connectivity index (χ2n) is 5.84. The first-order valence-electron chi connectivity index (χ1n) is 7.80. The molecular weight excluding hydrogens is 264 g/mol. The minimum Gasteiger partial charge on any atom is -0.461 e. The van der Waals surface area contributed by atoms with Gasteiger partial charge in [-0.2, -0.15) is 0 Å². The van der Waals surface area contributed by atoms with Crippen molar-refractivity contribution in [2.75, 3.05) is 26.7 Å². The normalized spacial score (nSPS) is 20.4. The van der Waals surface area contributed by atoms with Gasteiger partial charge in [0.1, 0.15) is 6.61 Å². The van der Waals surface area contributed by atoms with Crippen molar-refractivity contribution < 1.29 is 9.53 Å². The molecule has 1 saturated heterocycles.